The Labute approximate surface area is 132 Å². The number of rotatable bonds is 5. The molecule has 1 aliphatic carbocycles. The average molecular weight is 303 g/mol. The van der Waals surface area contributed by atoms with Gasteiger partial charge < -0.3 is 9.64 Å². The quantitative estimate of drug-likeness (QED) is 0.785. The number of amides is 1. The van der Waals surface area contributed by atoms with Crippen LogP contribution >= 0.6 is 0 Å². The first kappa shape index (κ1) is 16.5. The molecule has 0 radical (unpaired) electrons. The van der Waals surface area contributed by atoms with E-state index in [0.29, 0.717) is 12.1 Å². The fourth-order valence-electron chi connectivity index (χ4n) is 3.05. The van der Waals surface area contributed by atoms with Crippen LogP contribution < -0.4 is 0 Å². The topological polar surface area (TPSA) is 46.6 Å². The smallest absolute Gasteiger partial charge is 0.310 e. The first-order valence-corrected chi connectivity index (χ1v) is 7.98. The molecule has 0 saturated heterocycles. The highest BCUT2D eigenvalue weighted by Crippen LogP contribution is 2.26. The summed E-state index contributed by atoms with van der Waals surface area (Å²) in [6.45, 7) is 4.24. The lowest BCUT2D eigenvalue weighted by Gasteiger charge is -2.31. The zero-order valence-corrected chi connectivity index (χ0v) is 13.7. The van der Waals surface area contributed by atoms with Crippen LogP contribution in [0.2, 0.25) is 0 Å². The molecule has 120 valence electrons. The zero-order chi connectivity index (χ0) is 16.1. The number of benzene rings is 1. The van der Waals surface area contributed by atoms with Crippen molar-refractivity contribution in [3.63, 3.8) is 0 Å². The third-order valence-electron chi connectivity index (χ3n) is 4.40. The van der Waals surface area contributed by atoms with Gasteiger partial charge in [0, 0.05) is 18.2 Å². The summed E-state index contributed by atoms with van der Waals surface area (Å²) in [7, 11) is 1.39. The van der Waals surface area contributed by atoms with Crippen LogP contribution in [0.15, 0.2) is 24.3 Å². The van der Waals surface area contributed by atoms with E-state index in [4.69, 9.17) is 4.74 Å². The van der Waals surface area contributed by atoms with Gasteiger partial charge in [0.05, 0.1) is 13.0 Å². The molecular formula is C18H25NO3. The van der Waals surface area contributed by atoms with Crippen LogP contribution in [0, 0.1) is 12.8 Å². The van der Waals surface area contributed by atoms with Crippen molar-refractivity contribution in [3.8, 4) is 0 Å². The summed E-state index contributed by atoms with van der Waals surface area (Å²) >= 11 is 0. The Kier molecular flexibility index (Phi) is 5.58. The van der Waals surface area contributed by atoms with E-state index >= 15 is 0 Å². The summed E-state index contributed by atoms with van der Waals surface area (Å²) in [6.07, 6.45) is 4.33. The number of aryl methyl sites for hydroxylation is 1. The maximum absolute atomic E-state index is 12.9. The first-order chi connectivity index (χ1) is 10.5. The molecule has 0 aliphatic heterocycles. The first-order valence-electron chi connectivity index (χ1n) is 7.98. The lowest BCUT2D eigenvalue weighted by molar-refractivity contribution is -0.145. The van der Waals surface area contributed by atoms with Crippen LogP contribution in [0.3, 0.4) is 0 Å². The molecule has 1 fully saturated rings. The SMILES string of the molecule is COC(=O)C(C)CN(C(=O)c1ccc(C)cc1)C1CCCC1. The van der Waals surface area contributed by atoms with Crippen molar-refractivity contribution in [2.75, 3.05) is 13.7 Å². The predicted octanol–water partition coefficient (Wildman–Crippen LogP) is 3.19. The summed E-state index contributed by atoms with van der Waals surface area (Å²) in [5, 5.41) is 0. The Morgan fingerprint density at radius 2 is 1.82 bits per heavy atom. The fraction of sp³-hybridized carbons (Fsp3) is 0.556. The van der Waals surface area contributed by atoms with E-state index in [-0.39, 0.29) is 23.8 Å². The number of hydrogen-bond donors (Lipinski definition) is 0. The molecule has 4 heteroatoms. The number of nitrogens with zero attached hydrogens (tertiary/aromatic N) is 1. The van der Waals surface area contributed by atoms with Crippen LogP contribution in [0.5, 0.6) is 0 Å². The van der Waals surface area contributed by atoms with Gasteiger partial charge in [-0.15, -0.1) is 0 Å². The molecule has 4 nitrogen and oxygen atoms in total. The van der Waals surface area contributed by atoms with Gasteiger partial charge in [-0.1, -0.05) is 37.5 Å². The van der Waals surface area contributed by atoms with Crippen molar-refractivity contribution < 1.29 is 14.3 Å². The summed E-state index contributed by atoms with van der Waals surface area (Å²) in [5.74, 6) is -0.553. The third kappa shape index (κ3) is 3.87. The summed E-state index contributed by atoms with van der Waals surface area (Å²) in [4.78, 5) is 26.4. The van der Waals surface area contributed by atoms with E-state index < -0.39 is 0 Å². The van der Waals surface area contributed by atoms with Crippen LogP contribution in [0.25, 0.3) is 0 Å². The van der Waals surface area contributed by atoms with Crippen LogP contribution in [-0.4, -0.2) is 36.5 Å². The molecule has 0 spiro atoms. The van der Waals surface area contributed by atoms with Crippen molar-refractivity contribution in [3.05, 3.63) is 35.4 Å². The molecular weight excluding hydrogens is 278 g/mol. The number of esters is 1. The highest BCUT2D eigenvalue weighted by atomic mass is 16.5. The van der Waals surface area contributed by atoms with Crippen molar-refractivity contribution in [2.45, 2.75) is 45.6 Å². The van der Waals surface area contributed by atoms with Gasteiger partial charge in [0.1, 0.15) is 0 Å². The third-order valence-corrected chi connectivity index (χ3v) is 4.40. The van der Waals surface area contributed by atoms with Gasteiger partial charge in [-0.3, -0.25) is 9.59 Å². The number of methoxy groups -OCH3 is 1. The second-order valence-electron chi connectivity index (χ2n) is 6.19. The molecule has 1 aliphatic rings. The Hall–Kier alpha value is -1.84. The lowest BCUT2D eigenvalue weighted by atomic mass is 10.1. The molecule has 1 amide bonds. The van der Waals surface area contributed by atoms with Gasteiger partial charge in [-0.2, -0.15) is 0 Å². The van der Waals surface area contributed by atoms with Gasteiger partial charge >= 0.3 is 5.97 Å². The van der Waals surface area contributed by atoms with Gasteiger partial charge in [0.15, 0.2) is 0 Å². The van der Waals surface area contributed by atoms with Crippen LogP contribution in [0.1, 0.15) is 48.5 Å². The predicted molar refractivity (Wildman–Crippen MR) is 85.7 cm³/mol. The number of ether oxygens (including phenoxy) is 1. The number of carbonyl (C=O) groups is 2. The molecule has 0 aromatic heterocycles. The maximum Gasteiger partial charge on any atom is 0.310 e. The molecule has 1 aromatic carbocycles. The van der Waals surface area contributed by atoms with Crippen molar-refractivity contribution in [1.82, 2.24) is 4.90 Å². The summed E-state index contributed by atoms with van der Waals surface area (Å²) < 4.78 is 4.80. The monoisotopic (exact) mass is 303 g/mol. The van der Waals surface area contributed by atoms with Gasteiger partial charge in [0.25, 0.3) is 5.91 Å². The zero-order valence-electron chi connectivity index (χ0n) is 13.7. The van der Waals surface area contributed by atoms with Crippen molar-refractivity contribution in [1.29, 1.82) is 0 Å². The highest BCUT2D eigenvalue weighted by molar-refractivity contribution is 5.94. The van der Waals surface area contributed by atoms with Gasteiger partial charge in [-0.25, -0.2) is 0 Å². The van der Waals surface area contributed by atoms with Crippen LogP contribution in [-0.2, 0) is 9.53 Å². The van der Waals surface area contributed by atoms with E-state index in [2.05, 4.69) is 0 Å². The van der Waals surface area contributed by atoms with E-state index in [1.807, 2.05) is 43.0 Å². The standard InChI is InChI=1S/C18H25NO3/c1-13-8-10-15(11-9-13)17(20)19(16-6-4-5-7-16)12-14(2)18(21)22-3/h8-11,14,16H,4-7,12H2,1-3H3. The van der Waals surface area contributed by atoms with Crippen molar-refractivity contribution in [2.24, 2.45) is 5.92 Å². The number of hydrogen-bond acceptors (Lipinski definition) is 3. The van der Waals surface area contributed by atoms with E-state index in [1.54, 1.807) is 0 Å². The Bertz CT molecular complexity index is 518. The lowest BCUT2D eigenvalue weighted by Crippen LogP contribution is -2.43. The maximum atomic E-state index is 12.9. The minimum Gasteiger partial charge on any atom is -0.469 e. The molecule has 0 N–H and O–H groups in total. The molecule has 1 aromatic rings. The highest BCUT2D eigenvalue weighted by Gasteiger charge is 2.30. The Morgan fingerprint density at radius 1 is 1.23 bits per heavy atom. The van der Waals surface area contributed by atoms with Gasteiger partial charge in [0.2, 0.25) is 0 Å². The molecule has 1 atom stereocenters. The summed E-state index contributed by atoms with van der Waals surface area (Å²) in [6, 6.07) is 7.86. The molecule has 22 heavy (non-hydrogen) atoms. The Morgan fingerprint density at radius 3 is 2.36 bits per heavy atom. The normalized spacial score (nSPS) is 16.3. The minimum absolute atomic E-state index is 0.0163. The minimum atomic E-state index is -0.306. The molecule has 1 unspecified atom stereocenters. The second-order valence-corrected chi connectivity index (χ2v) is 6.19. The molecule has 0 heterocycles. The van der Waals surface area contributed by atoms with Gasteiger partial charge in [-0.05, 0) is 31.9 Å². The fourth-order valence-corrected chi connectivity index (χ4v) is 3.05. The van der Waals surface area contributed by atoms with E-state index in [9.17, 15) is 9.59 Å². The number of carbonyl (C=O) groups excluding carboxylic acids is 2. The summed E-state index contributed by atoms with van der Waals surface area (Å²) in [5.41, 5.74) is 1.82. The Balaban J connectivity index is 2.17. The molecule has 1 saturated carbocycles. The molecule has 2 rings (SSSR count). The largest absolute Gasteiger partial charge is 0.469 e. The van der Waals surface area contributed by atoms with E-state index in [1.165, 1.54) is 7.11 Å². The van der Waals surface area contributed by atoms with E-state index in [0.717, 1.165) is 31.2 Å². The second kappa shape index (κ2) is 7.43. The van der Waals surface area contributed by atoms with Crippen molar-refractivity contribution >= 4 is 11.9 Å². The van der Waals surface area contributed by atoms with Crippen LogP contribution in [0.4, 0.5) is 0 Å². The molecule has 0 bridgehead atoms. The average Bonchev–Trinajstić information content (AvgIpc) is 3.05.